The highest BCUT2D eigenvalue weighted by molar-refractivity contribution is 5.87. The molecular formula is C44H58N6O6. The number of nitrogens with one attached hydrogen (secondary N) is 2. The number of nitrogens with zero attached hydrogens (tertiary/aromatic N) is 4. The van der Waals surface area contributed by atoms with Crippen LogP contribution in [0.5, 0.6) is 5.75 Å². The first-order valence-electron chi connectivity index (χ1n) is 20.5. The number of phenolic OH excluding ortho intramolecular Hbond substituents is 1. The number of rotatable bonds is 18. The second-order valence-corrected chi connectivity index (χ2v) is 15.8. The third-order valence-corrected chi connectivity index (χ3v) is 11.6. The van der Waals surface area contributed by atoms with Gasteiger partial charge in [-0.1, -0.05) is 37.3 Å². The molecule has 0 unspecified atom stereocenters. The van der Waals surface area contributed by atoms with Crippen molar-refractivity contribution in [3.8, 4) is 5.75 Å². The number of carbonyl (C=O) groups is 1. The van der Waals surface area contributed by atoms with E-state index in [1.807, 2.05) is 11.1 Å². The van der Waals surface area contributed by atoms with E-state index in [0.29, 0.717) is 55.1 Å². The Kier molecular flexibility index (Phi) is 13.3. The lowest BCUT2D eigenvalue weighted by Gasteiger charge is -2.47. The molecule has 0 bridgehead atoms. The second-order valence-electron chi connectivity index (χ2n) is 15.8. The summed E-state index contributed by atoms with van der Waals surface area (Å²) in [6.07, 6.45) is 7.57. The predicted molar refractivity (Wildman–Crippen MR) is 218 cm³/mol. The topological polar surface area (TPSA) is 143 Å². The minimum Gasteiger partial charge on any atom is -0.506 e. The summed E-state index contributed by atoms with van der Waals surface area (Å²) in [5.74, 6) is 1.68. The molecule has 1 atom stereocenters. The summed E-state index contributed by atoms with van der Waals surface area (Å²) in [4.78, 5) is 39.2. The number of aromatic amines is 1. The molecule has 2 saturated heterocycles. The van der Waals surface area contributed by atoms with Crippen molar-refractivity contribution in [3.05, 3.63) is 99.5 Å². The van der Waals surface area contributed by atoms with Crippen molar-refractivity contribution in [2.45, 2.75) is 70.1 Å². The lowest BCUT2D eigenvalue weighted by molar-refractivity contribution is -0.132. The summed E-state index contributed by atoms with van der Waals surface area (Å²) >= 11 is 0. The average molecular weight is 767 g/mol. The van der Waals surface area contributed by atoms with Gasteiger partial charge in [-0.15, -0.1) is 0 Å². The molecule has 1 amide bonds. The number of aromatic nitrogens is 2. The Bertz CT molecular complexity index is 1980. The summed E-state index contributed by atoms with van der Waals surface area (Å²) < 4.78 is 12.4. The Balaban J connectivity index is 0.805. The van der Waals surface area contributed by atoms with Crippen molar-refractivity contribution >= 4 is 22.6 Å². The zero-order chi connectivity index (χ0) is 38.9. The van der Waals surface area contributed by atoms with Gasteiger partial charge in [-0.3, -0.25) is 14.5 Å². The van der Waals surface area contributed by atoms with Gasteiger partial charge in [-0.05, 0) is 91.0 Å². The molecule has 0 radical (unpaired) electrons. The fourth-order valence-corrected chi connectivity index (χ4v) is 8.11. The van der Waals surface area contributed by atoms with Crippen LogP contribution < -0.4 is 15.8 Å². The summed E-state index contributed by atoms with van der Waals surface area (Å²) in [7, 11) is 0. The number of pyridine rings is 2. The summed E-state index contributed by atoms with van der Waals surface area (Å²) in [5, 5.41) is 24.9. The minimum atomic E-state index is -0.848. The van der Waals surface area contributed by atoms with E-state index >= 15 is 0 Å². The Labute approximate surface area is 329 Å². The monoisotopic (exact) mass is 766 g/mol. The fraction of sp³-hybridized carbons (Fsp3) is 0.523. The molecule has 2 aliphatic heterocycles. The van der Waals surface area contributed by atoms with Gasteiger partial charge in [-0.25, -0.2) is 4.98 Å². The van der Waals surface area contributed by atoms with Crippen LogP contribution >= 0.6 is 0 Å². The number of amides is 1. The lowest BCUT2D eigenvalue weighted by Crippen LogP contribution is -2.57. The van der Waals surface area contributed by atoms with Crippen LogP contribution in [0.15, 0.2) is 71.7 Å². The highest BCUT2D eigenvalue weighted by atomic mass is 16.5. The number of fused-ring (bicyclic) bond motifs is 1. The van der Waals surface area contributed by atoms with Crippen molar-refractivity contribution in [1.29, 1.82) is 0 Å². The van der Waals surface area contributed by atoms with Crippen LogP contribution in [-0.2, 0) is 33.7 Å². The first-order valence-corrected chi connectivity index (χ1v) is 20.5. The van der Waals surface area contributed by atoms with Crippen LogP contribution in [0, 0.1) is 5.92 Å². The molecule has 12 heteroatoms. The quantitative estimate of drug-likeness (QED) is 0.106. The standard InChI is InChI=1S/C44H58N6O6/c1-2-32-12-17-46-40(27-32)50-22-25-56-44(31-50)15-19-48(20-16-44)29-35-5-3-4-33(26-35)13-23-55-24-14-42(54)49(30-34-6-7-34)21-18-45-28-39(52)36-8-10-38(51)43-37(36)9-11-41(53)47-43/h3-5,8-12,17,26-27,34,39,45,51-52H,2,6-7,13-16,18-25,28-31H2,1H3,(H,47,53)/t39-/m0/s1. The van der Waals surface area contributed by atoms with E-state index in [2.05, 4.69) is 68.4 Å². The van der Waals surface area contributed by atoms with Crippen molar-refractivity contribution in [2.75, 3.05) is 77.1 Å². The maximum atomic E-state index is 13.2. The number of phenols is 1. The SMILES string of the molecule is CCc1ccnc(N2CCOC3(CCN(Cc4cccc(CCOCCC(=O)N(CCNC[C@H](O)c5ccc(O)c6[nH]c(=O)ccc56)CC5CC5)c4)CC3)C2)c1. The number of aromatic hydroxyl groups is 1. The van der Waals surface area contributed by atoms with E-state index in [9.17, 15) is 19.8 Å². The molecule has 56 heavy (non-hydrogen) atoms. The number of likely N-dealkylation sites (tertiary alicyclic amines) is 1. The molecule has 2 aromatic carbocycles. The Hall–Kier alpha value is -4.33. The highest BCUT2D eigenvalue weighted by Crippen LogP contribution is 2.33. The number of hydrogen-bond acceptors (Lipinski definition) is 10. The number of H-pyrrole nitrogens is 1. The molecule has 1 aliphatic carbocycles. The first kappa shape index (κ1) is 39.9. The number of carbonyl (C=O) groups excluding carboxylic acids is 1. The number of aryl methyl sites for hydroxylation is 1. The minimum absolute atomic E-state index is 0.0403. The number of aliphatic hydroxyl groups excluding tert-OH is 1. The molecule has 1 saturated carbocycles. The van der Waals surface area contributed by atoms with Crippen LogP contribution in [0.1, 0.15) is 67.4 Å². The number of piperidine rings is 1. The lowest BCUT2D eigenvalue weighted by atomic mass is 9.89. The van der Waals surface area contributed by atoms with E-state index in [-0.39, 0.29) is 29.4 Å². The zero-order valence-electron chi connectivity index (χ0n) is 32.8. The smallest absolute Gasteiger partial charge is 0.248 e. The average Bonchev–Trinajstić information content (AvgIpc) is 4.04. The molecule has 3 aliphatic rings. The molecule has 4 N–H and O–H groups in total. The largest absolute Gasteiger partial charge is 0.506 e. The number of hydrogen-bond donors (Lipinski definition) is 4. The maximum absolute atomic E-state index is 13.2. The number of aliphatic hydroxyl groups is 1. The summed E-state index contributed by atoms with van der Waals surface area (Å²) in [6, 6.07) is 19.2. The predicted octanol–water partition coefficient (Wildman–Crippen LogP) is 4.57. The van der Waals surface area contributed by atoms with E-state index in [1.54, 1.807) is 12.1 Å². The highest BCUT2D eigenvalue weighted by Gasteiger charge is 2.40. The van der Waals surface area contributed by atoms with E-state index < -0.39 is 6.10 Å². The van der Waals surface area contributed by atoms with E-state index in [1.165, 1.54) is 28.8 Å². The molecule has 4 aromatic rings. The summed E-state index contributed by atoms with van der Waals surface area (Å²) in [6.45, 7) is 10.7. The molecule has 2 aromatic heterocycles. The first-order chi connectivity index (χ1) is 27.3. The molecule has 1 spiro atoms. The van der Waals surface area contributed by atoms with Gasteiger partial charge in [0.1, 0.15) is 11.6 Å². The third kappa shape index (κ3) is 10.5. The molecule has 3 fully saturated rings. The van der Waals surface area contributed by atoms with Gasteiger partial charge in [0.15, 0.2) is 0 Å². The number of ether oxygens (including phenoxy) is 2. The Morgan fingerprint density at radius 3 is 2.73 bits per heavy atom. The van der Waals surface area contributed by atoms with E-state index in [4.69, 9.17) is 9.47 Å². The second kappa shape index (κ2) is 18.7. The number of anilines is 1. The number of benzene rings is 2. The van der Waals surface area contributed by atoms with Crippen LogP contribution in [0.4, 0.5) is 5.82 Å². The zero-order valence-corrected chi connectivity index (χ0v) is 32.8. The van der Waals surface area contributed by atoms with Crippen molar-refractivity contribution in [2.24, 2.45) is 5.92 Å². The molecular weight excluding hydrogens is 709 g/mol. The molecule has 300 valence electrons. The van der Waals surface area contributed by atoms with Gasteiger partial charge in [0.05, 0.1) is 43.5 Å². The van der Waals surface area contributed by atoms with Crippen LogP contribution in [0.25, 0.3) is 10.9 Å². The molecule has 4 heterocycles. The van der Waals surface area contributed by atoms with Crippen LogP contribution in [0.3, 0.4) is 0 Å². The van der Waals surface area contributed by atoms with Crippen LogP contribution in [-0.4, -0.2) is 114 Å². The van der Waals surface area contributed by atoms with Gasteiger partial charge < -0.3 is 39.8 Å². The van der Waals surface area contributed by atoms with Crippen molar-refractivity contribution < 1.29 is 24.5 Å². The van der Waals surface area contributed by atoms with Gasteiger partial charge in [0.25, 0.3) is 0 Å². The number of morpholine rings is 1. The van der Waals surface area contributed by atoms with Crippen molar-refractivity contribution in [1.82, 2.24) is 25.1 Å². The third-order valence-electron chi connectivity index (χ3n) is 11.6. The van der Waals surface area contributed by atoms with Crippen LogP contribution in [0.2, 0.25) is 0 Å². The van der Waals surface area contributed by atoms with Gasteiger partial charge in [0.2, 0.25) is 11.5 Å². The van der Waals surface area contributed by atoms with Crippen molar-refractivity contribution in [3.63, 3.8) is 0 Å². The summed E-state index contributed by atoms with van der Waals surface area (Å²) in [5.41, 5.74) is 4.37. The Morgan fingerprint density at radius 2 is 1.91 bits per heavy atom. The Morgan fingerprint density at radius 1 is 1.07 bits per heavy atom. The molecule has 12 nitrogen and oxygen atoms in total. The fourth-order valence-electron chi connectivity index (χ4n) is 8.11. The van der Waals surface area contributed by atoms with E-state index in [0.717, 1.165) is 90.2 Å². The molecule has 7 rings (SSSR count). The maximum Gasteiger partial charge on any atom is 0.248 e. The van der Waals surface area contributed by atoms with Gasteiger partial charge in [-0.2, -0.15) is 0 Å². The normalized spacial score (nSPS) is 17.7. The van der Waals surface area contributed by atoms with Gasteiger partial charge >= 0.3 is 0 Å². The van der Waals surface area contributed by atoms with Gasteiger partial charge in [0, 0.05) is 76.6 Å².